The van der Waals surface area contributed by atoms with E-state index < -0.39 is 0 Å². The highest BCUT2D eigenvalue weighted by molar-refractivity contribution is 5.10. The largest absolute Gasteiger partial charge is 0.0882 e. The second-order valence-corrected chi connectivity index (χ2v) is 8.30. The standard InChI is InChI=1S/C19H32/c1-5-15-6-7-18(19(4)8-9-19)17-12-16(17)11-13(2)10-14(15)3/h5,13-14,16-18H,6-12H2,1-4H3. The van der Waals surface area contributed by atoms with E-state index in [0.29, 0.717) is 0 Å². The molecule has 5 atom stereocenters. The molecule has 0 amide bonds. The Hall–Kier alpha value is -0.260. The summed E-state index contributed by atoms with van der Waals surface area (Å²) in [4.78, 5) is 0. The molecule has 3 saturated carbocycles. The molecule has 0 spiro atoms. The maximum absolute atomic E-state index is 2.57. The lowest BCUT2D eigenvalue weighted by atomic mass is 9.76. The van der Waals surface area contributed by atoms with Crippen molar-refractivity contribution in [2.75, 3.05) is 0 Å². The topological polar surface area (TPSA) is 0 Å². The summed E-state index contributed by atoms with van der Waals surface area (Å²) in [5.74, 6) is 5.00. The summed E-state index contributed by atoms with van der Waals surface area (Å²) >= 11 is 0. The lowest BCUT2D eigenvalue weighted by Crippen LogP contribution is -2.19. The van der Waals surface area contributed by atoms with Gasteiger partial charge in [0.15, 0.2) is 0 Å². The first kappa shape index (κ1) is 13.7. The average molecular weight is 260 g/mol. The number of allylic oxidation sites excluding steroid dienone is 2. The molecule has 0 heterocycles. The van der Waals surface area contributed by atoms with E-state index in [1.807, 2.05) is 0 Å². The van der Waals surface area contributed by atoms with Gasteiger partial charge in [-0.2, -0.15) is 0 Å². The molecule has 5 unspecified atom stereocenters. The third-order valence-electron chi connectivity index (χ3n) is 6.64. The molecule has 0 bridgehead atoms. The molecule has 0 N–H and O–H groups in total. The normalized spacial score (nSPS) is 47.6. The van der Waals surface area contributed by atoms with E-state index in [9.17, 15) is 0 Å². The molecule has 108 valence electrons. The fourth-order valence-corrected chi connectivity index (χ4v) is 5.05. The Bertz CT molecular complexity index is 360. The summed E-state index contributed by atoms with van der Waals surface area (Å²) in [5, 5.41) is 0. The SMILES string of the molecule is CC=C1CCC(C2(C)CC2)C2CC2CC(C)CC1C. The third-order valence-corrected chi connectivity index (χ3v) is 6.64. The molecule has 0 aliphatic heterocycles. The summed E-state index contributed by atoms with van der Waals surface area (Å²) in [5.41, 5.74) is 2.49. The van der Waals surface area contributed by atoms with Gasteiger partial charge in [-0.05, 0) is 86.9 Å². The van der Waals surface area contributed by atoms with Crippen molar-refractivity contribution in [2.45, 2.75) is 72.6 Å². The minimum absolute atomic E-state index is 0.740. The highest BCUT2D eigenvalue weighted by atomic mass is 14.6. The monoisotopic (exact) mass is 260 g/mol. The van der Waals surface area contributed by atoms with Gasteiger partial charge >= 0.3 is 0 Å². The van der Waals surface area contributed by atoms with Gasteiger partial charge in [-0.15, -0.1) is 0 Å². The average Bonchev–Trinajstić information content (AvgIpc) is 3.24. The van der Waals surface area contributed by atoms with Crippen LogP contribution in [0.4, 0.5) is 0 Å². The third kappa shape index (κ3) is 2.78. The maximum Gasteiger partial charge on any atom is -0.0229 e. The summed E-state index contributed by atoms with van der Waals surface area (Å²) in [7, 11) is 0. The molecule has 0 aromatic carbocycles. The zero-order chi connectivity index (χ0) is 13.6. The van der Waals surface area contributed by atoms with Gasteiger partial charge in [-0.1, -0.05) is 32.4 Å². The Morgan fingerprint density at radius 2 is 1.84 bits per heavy atom. The number of rotatable bonds is 1. The van der Waals surface area contributed by atoms with Gasteiger partial charge in [-0.25, -0.2) is 0 Å². The fourth-order valence-electron chi connectivity index (χ4n) is 5.05. The van der Waals surface area contributed by atoms with Crippen molar-refractivity contribution in [3.05, 3.63) is 11.6 Å². The van der Waals surface area contributed by atoms with Crippen molar-refractivity contribution < 1.29 is 0 Å². The molecule has 19 heavy (non-hydrogen) atoms. The van der Waals surface area contributed by atoms with E-state index in [4.69, 9.17) is 0 Å². The van der Waals surface area contributed by atoms with Crippen LogP contribution < -0.4 is 0 Å². The van der Waals surface area contributed by atoms with Gasteiger partial charge in [0.2, 0.25) is 0 Å². The second-order valence-electron chi connectivity index (χ2n) is 8.30. The van der Waals surface area contributed by atoms with E-state index in [0.717, 1.165) is 35.0 Å². The van der Waals surface area contributed by atoms with Crippen molar-refractivity contribution in [3.63, 3.8) is 0 Å². The number of hydrogen-bond acceptors (Lipinski definition) is 0. The minimum atomic E-state index is 0.740. The molecule has 0 nitrogen and oxygen atoms in total. The van der Waals surface area contributed by atoms with Crippen LogP contribution in [0.2, 0.25) is 0 Å². The maximum atomic E-state index is 2.57. The summed E-state index contributed by atoms with van der Waals surface area (Å²) in [6, 6.07) is 0. The predicted molar refractivity (Wildman–Crippen MR) is 83.0 cm³/mol. The summed E-state index contributed by atoms with van der Waals surface area (Å²) in [6.45, 7) is 9.79. The Morgan fingerprint density at radius 1 is 1.11 bits per heavy atom. The Labute approximate surface area is 120 Å². The van der Waals surface area contributed by atoms with Crippen LogP contribution in [0.15, 0.2) is 11.6 Å². The van der Waals surface area contributed by atoms with E-state index in [2.05, 4.69) is 33.8 Å². The second kappa shape index (κ2) is 4.93. The van der Waals surface area contributed by atoms with Crippen LogP contribution >= 0.6 is 0 Å². The Kier molecular flexibility index (Phi) is 3.56. The molecule has 3 aliphatic rings. The molecule has 3 fully saturated rings. The lowest BCUT2D eigenvalue weighted by molar-refractivity contribution is 0.244. The Balaban J connectivity index is 1.75. The summed E-state index contributed by atoms with van der Waals surface area (Å²) < 4.78 is 0. The van der Waals surface area contributed by atoms with Crippen LogP contribution in [0.3, 0.4) is 0 Å². The van der Waals surface area contributed by atoms with Crippen molar-refractivity contribution in [1.29, 1.82) is 0 Å². The molecule has 0 saturated heterocycles. The molecule has 3 rings (SSSR count). The van der Waals surface area contributed by atoms with Gasteiger partial charge < -0.3 is 0 Å². The van der Waals surface area contributed by atoms with Gasteiger partial charge in [0.1, 0.15) is 0 Å². The summed E-state index contributed by atoms with van der Waals surface area (Å²) in [6.07, 6.45) is 12.8. The van der Waals surface area contributed by atoms with Crippen LogP contribution in [-0.4, -0.2) is 0 Å². The van der Waals surface area contributed by atoms with Crippen LogP contribution in [-0.2, 0) is 0 Å². The van der Waals surface area contributed by atoms with E-state index in [1.54, 1.807) is 12.0 Å². The smallest absolute Gasteiger partial charge is 0.0229 e. The van der Waals surface area contributed by atoms with Gasteiger partial charge in [0.05, 0.1) is 0 Å². The molecule has 0 heteroatoms. The van der Waals surface area contributed by atoms with Gasteiger partial charge in [0, 0.05) is 0 Å². The Morgan fingerprint density at radius 3 is 2.47 bits per heavy atom. The van der Waals surface area contributed by atoms with Crippen LogP contribution in [0.5, 0.6) is 0 Å². The predicted octanol–water partition coefficient (Wildman–Crippen LogP) is 5.83. The zero-order valence-electron chi connectivity index (χ0n) is 13.4. The van der Waals surface area contributed by atoms with E-state index in [1.165, 1.54) is 38.5 Å². The number of hydrogen-bond donors (Lipinski definition) is 0. The van der Waals surface area contributed by atoms with Gasteiger partial charge in [0.25, 0.3) is 0 Å². The zero-order valence-corrected chi connectivity index (χ0v) is 13.4. The minimum Gasteiger partial charge on any atom is -0.0882 e. The molecule has 3 aliphatic carbocycles. The van der Waals surface area contributed by atoms with Crippen LogP contribution in [0, 0.1) is 35.0 Å². The number of fused-ring (bicyclic) bond motifs is 1. The lowest BCUT2D eigenvalue weighted by Gasteiger charge is -2.29. The van der Waals surface area contributed by atoms with Crippen molar-refractivity contribution in [3.8, 4) is 0 Å². The van der Waals surface area contributed by atoms with E-state index in [-0.39, 0.29) is 0 Å². The van der Waals surface area contributed by atoms with Gasteiger partial charge in [-0.3, -0.25) is 0 Å². The van der Waals surface area contributed by atoms with E-state index >= 15 is 0 Å². The first-order chi connectivity index (χ1) is 9.03. The van der Waals surface area contributed by atoms with Crippen molar-refractivity contribution >= 4 is 0 Å². The van der Waals surface area contributed by atoms with Crippen LogP contribution in [0.25, 0.3) is 0 Å². The first-order valence-electron chi connectivity index (χ1n) is 8.68. The molecule has 0 aromatic rings. The first-order valence-corrected chi connectivity index (χ1v) is 8.68. The fraction of sp³-hybridized carbons (Fsp3) is 0.895. The highest BCUT2D eigenvalue weighted by Gasteiger charge is 2.54. The van der Waals surface area contributed by atoms with Crippen molar-refractivity contribution in [2.24, 2.45) is 35.0 Å². The molecular formula is C19H32. The quantitative estimate of drug-likeness (QED) is 0.520. The molecule has 0 radical (unpaired) electrons. The highest BCUT2D eigenvalue weighted by Crippen LogP contribution is 2.63. The van der Waals surface area contributed by atoms with Crippen LogP contribution in [0.1, 0.15) is 72.6 Å². The van der Waals surface area contributed by atoms with Crippen molar-refractivity contribution in [1.82, 2.24) is 0 Å². The molecular weight excluding hydrogens is 228 g/mol. The molecule has 0 aromatic heterocycles.